The number of nitrogens with one attached hydrogen (secondary N) is 2. The first-order valence-electron chi connectivity index (χ1n) is 11.4. The molecule has 158 valence electrons. The lowest BCUT2D eigenvalue weighted by molar-refractivity contribution is 0.160. The maximum atomic E-state index is 4.42. The monoisotopic (exact) mass is 388 g/mol. The zero-order valence-electron chi connectivity index (χ0n) is 18.0. The number of rotatable bonds is 8. The molecule has 0 unspecified atom stereocenters. The van der Waals surface area contributed by atoms with Crippen molar-refractivity contribution in [2.24, 2.45) is 10.9 Å². The van der Waals surface area contributed by atoms with Crippen LogP contribution in [0.3, 0.4) is 0 Å². The van der Waals surface area contributed by atoms with Crippen molar-refractivity contribution in [1.29, 1.82) is 0 Å². The molecule has 6 heteroatoms. The summed E-state index contributed by atoms with van der Waals surface area (Å²) in [6, 6.07) is 0.558. The highest BCUT2D eigenvalue weighted by Gasteiger charge is 2.23. The lowest BCUT2D eigenvalue weighted by Crippen LogP contribution is -2.49. The molecule has 0 bridgehead atoms. The van der Waals surface area contributed by atoms with Crippen LogP contribution >= 0.6 is 0 Å². The number of aryl methyl sites for hydroxylation is 2. The van der Waals surface area contributed by atoms with Crippen LogP contribution in [0.1, 0.15) is 63.6 Å². The smallest absolute Gasteiger partial charge is 0.191 e. The molecule has 0 spiro atoms. The summed E-state index contributed by atoms with van der Waals surface area (Å²) in [6.45, 7) is 7.86. The second-order valence-corrected chi connectivity index (χ2v) is 8.60. The van der Waals surface area contributed by atoms with Crippen LogP contribution in [0.2, 0.25) is 0 Å². The summed E-state index contributed by atoms with van der Waals surface area (Å²) in [5, 5.41) is 7.13. The Hall–Kier alpha value is -1.56. The first-order chi connectivity index (χ1) is 13.7. The Bertz CT molecular complexity index is 582. The quantitative estimate of drug-likeness (QED) is 0.408. The van der Waals surface area contributed by atoms with Gasteiger partial charge >= 0.3 is 0 Å². The zero-order valence-corrected chi connectivity index (χ0v) is 18.0. The summed E-state index contributed by atoms with van der Waals surface area (Å²) in [7, 11) is 1.88. The van der Waals surface area contributed by atoms with Gasteiger partial charge in [0.15, 0.2) is 5.96 Å². The van der Waals surface area contributed by atoms with Gasteiger partial charge < -0.3 is 20.1 Å². The van der Waals surface area contributed by atoms with Gasteiger partial charge in [-0.2, -0.15) is 0 Å². The maximum Gasteiger partial charge on any atom is 0.191 e. The van der Waals surface area contributed by atoms with Crippen molar-refractivity contribution in [3.05, 3.63) is 18.2 Å². The van der Waals surface area contributed by atoms with Crippen LogP contribution in [0.25, 0.3) is 0 Å². The fourth-order valence-corrected chi connectivity index (χ4v) is 4.64. The van der Waals surface area contributed by atoms with Crippen LogP contribution < -0.4 is 10.6 Å². The van der Waals surface area contributed by atoms with Gasteiger partial charge in [0.05, 0.1) is 0 Å². The Labute approximate surface area is 171 Å². The van der Waals surface area contributed by atoms with E-state index in [2.05, 4.69) is 43.2 Å². The van der Waals surface area contributed by atoms with Gasteiger partial charge in [0, 0.05) is 58.2 Å². The molecule has 1 aromatic heterocycles. The summed E-state index contributed by atoms with van der Waals surface area (Å²) < 4.78 is 2.22. The molecule has 1 aliphatic carbocycles. The number of likely N-dealkylation sites (tertiary alicyclic amines) is 1. The molecule has 1 saturated heterocycles. The van der Waals surface area contributed by atoms with Crippen LogP contribution in [-0.4, -0.2) is 59.7 Å². The van der Waals surface area contributed by atoms with Crippen LogP contribution in [0, 0.1) is 12.8 Å². The molecule has 0 atom stereocenters. The van der Waals surface area contributed by atoms with E-state index in [9.17, 15) is 0 Å². The van der Waals surface area contributed by atoms with Crippen LogP contribution in [0.15, 0.2) is 17.4 Å². The normalized spacial score (nSPS) is 20.4. The number of aromatic nitrogens is 2. The van der Waals surface area contributed by atoms with Gasteiger partial charge in [-0.15, -0.1) is 0 Å². The van der Waals surface area contributed by atoms with Gasteiger partial charge in [0.25, 0.3) is 0 Å². The standard InChI is InChI=1S/C22H40N6/c1-19-24-13-17-28(19)14-7-6-12-25-22(23-2)26-21-10-15-27(16-11-21)18-20-8-4-3-5-9-20/h13,17,20-21H,3-12,14-16,18H2,1-2H3,(H2,23,25,26). The van der Waals surface area contributed by atoms with E-state index in [-0.39, 0.29) is 0 Å². The molecular weight excluding hydrogens is 348 g/mol. The van der Waals surface area contributed by atoms with Crippen molar-refractivity contribution >= 4 is 5.96 Å². The molecule has 1 aliphatic heterocycles. The lowest BCUT2D eigenvalue weighted by atomic mass is 9.88. The van der Waals surface area contributed by atoms with Crippen molar-refractivity contribution < 1.29 is 0 Å². The number of nitrogens with zero attached hydrogens (tertiary/aromatic N) is 4. The van der Waals surface area contributed by atoms with Crippen molar-refractivity contribution in [2.75, 3.05) is 33.2 Å². The Kier molecular flexibility index (Phi) is 8.65. The SMILES string of the molecule is CN=C(NCCCCn1ccnc1C)NC1CCN(CC2CCCCC2)CC1. The molecule has 1 saturated carbocycles. The second kappa shape index (κ2) is 11.4. The van der Waals surface area contributed by atoms with E-state index >= 15 is 0 Å². The lowest BCUT2D eigenvalue weighted by Gasteiger charge is -2.36. The molecule has 3 rings (SSSR count). The minimum absolute atomic E-state index is 0.558. The third-order valence-electron chi connectivity index (χ3n) is 6.44. The van der Waals surface area contributed by atoms with Crippen LogP contribution in [-0.2, 0) is 6.54 Å². The average Bonchev–Trinajstić information content (AvgIpc) is 3.13. The number of aliphatic imine (C=N–C) groups is 1. The van der Waals surface area contributed by atoms with E-state index in [4.69, 9.17) is 0 Å². The van der Waals surface area contributed by atoms with Gasteiger partial charge in [-0.1, -0.05) is 19.3 Å². The first kappa shape index (κ1) is 21.2. The zero-order chi connectivity index (χ0) is 19.6. The van der Waals surface area contributed by atoms with Gasteiger partial charge in [0.1, 0.15) is 5.82 Å². The van der Waals surface area contributed by atoms with E-state index in [1.165, 1.54) is 64.6 Å². The molecule has 0 radical (unpaired) electrons. The highest BCUT2D eigenvalue weighted by Crippen LogP contribution is 2.25. The van der Waals surface area contributed by atoms with Crippen molar-refractivity contribution in [3.8, 4) is 0 Å². The summed E-state index contributed by atoms with van der Waals surface area (Å²) in [6.07, 6.45) is 15.9. The average molecular weight is 389 g/mol. The number of hydrogen-bond donors (Lipinski definition) is 2. The third-order valence-corrected chi connectivity index (χ3v) is 6.44. The molecule has 2 aliphatic rings. The fourth-order valence-electron chi connectivity index (χ4n) is 4.64. The summed E-state index contributed by atoms with van der Waals surface area (Å²) in [5.41, 5.74) is 0. The molecule has 0 aromatic carbocycles. The predicted octanol–water partition coefficient (Wildman–Crippen LogP) is 3.18. The summed E-state index contributed by atoms with van der Waals surface area (Å²) >= 11 is 0. The molecule has 6 nitrogen and oxygen atoms in total. The number of unbranched alkanes of at least 4 members (excludes halogenated alkanes) is 1. The number of imidazole rings is 1. The van der Waals surface area contributed by atoms with Crippen molar-refractivity contribution in [3.63, 3.8) is 0 Å². The minimum atomic E-state index is 0.558. The topological polar surface area (TPSA) is 57.5 Å². The number of piperidine rings is 1. The highest BCUT2D eigenvalue weighted by atomic mass is 15.2. The molecule has 2 N–H and O–H groups in total. The van der Waals surface area contributed by atoms with E-state index in [0.29, 0.717) is 6.04 Å². The minimum Gasteiger partial charge on any atom is -0.356 e. The molecule has 0 amide bonds. The van der Waals surface area contributed by atoms with Crippen LogP contribution in [0.4, 0.5) is 0 Å². The molecule has 28 heavy (non-hydrogen) atoms. The predicted molar refractivity (Wildman–Crippen MR) is 117 cm³/mol. The molecule has 2 fully saturated rings. The van der Waals surface area contributed by atoms with Crippen molar-refractivity contribution in [2.45, 2.75) is 77.3 Å². The van der Waals surface area contributed by atoms with E-state index < -0.39 is 0 Å². The van der Waals surface area contributed by atoms with Crippen molar-refractivity contribution in [1.82, 2.24) is 25.1 Å². The number of hydrogen-bond acceptors (Lipinski definition) is 3. The van der Waals surface area contributed by atoms with E-state index in [1.807, 2.05) is 13.2 Å². The Morgan fingerprint density at radius 1 is 1.14 bits per heavy atom. The maximum absolute atomic E-state index is 4.42. The Balaban J connectivity index is 1.27. The Morgan fingerprint density at radius 3 is 2.61 bits per heavy atom. The molecule has 1 aromatic rings. The van der Waals surface area contributed by atoms with Crippen LogP contribution in [0.5, 0.6) is 0 Å². The number of guanidine groups is 1. The van der Waals surface area contributed by atoms with Gasteiger partial charge in [-0.25, -0.2) is 4.98 Å². The third kappa shape index (κ3) is 6.80. The summed E-state index contributed by atoms with van der Waals surface area (Å²) in [4.78, 5) is 11.4. The van der Waals surface area contributed by atoms with E-state index in [0.717, 1.165) is 43.6 Å². The molecule has 2 heterocycles. The van der Waals surface area contributed by atoms with E-state index in [1.54, 1.807) is 0 Å². The van der Waals surface area contributed by atoms with Gasteiger partial charge in [0.2, 0.25) is 0 Å². The largest absolute Gasteiger partial charge is 0.356 e. The first-order valence-corrected chi connectivity index (χ1v) is 11.4. The van der Waals surface area contributed by atoms with Gasteiger partial charge in [-0.3, -0.25) is 4.99 Å². The fraction of sp³-hybridized carbons (Fsp3) is 0.818. The second-order valence-electron chi connectivity index (χ2n) is 8.60. The molecular formula is C22H40N6. The Morgan fingerprint density at radius 2 is 1.93 bits per heavy atom. The summed E-state index contributed by atoms with van der Waals surface area (Å²) in [5.74, 6) is 3.02. The van der Waals surface area contributed by atoms with Gasteiger partial charge in [-0.05, 0) is 51.4 Å². The highest BCUT2D eigenvalue weighted by molar-refractivity contribution is 5.79.